The van der Waals surface area contributed by atoms with E-state index in [1.54, 1.807) is 11.9 Å². The maximum absolute atomic E-state index is 11.7. The van der Waals surface area contributed by atoms with Crippen molar-refractivity contribution in [1.82, 2.24) is 15.1 Å². The van der Waals surface area contributed by atoms with E-state index in [9.17, 15) is 4.79 Å². The van der Waals surface area contributed by atoms with Crippen LogP contribution in [0.4, 0.5) is 5.13 Å². The Labute approximate surface area is 101 Å². The lowest BCUT2D eigenvalue weighted by Gasteiger charge is -2.19. The summed E-state index contributed by atoms with van der Waals surface area (Å²) in [6.45, 7) is 4.45. The van der Waals surface area contributed by atoms with Gasteiger partial charge in [-0.1, -0.05) is 11.3 Å². The third-order valence-corrected chi connectivity index (χ3v) is 3.25. The number of carbonyl (C=O) groups excluding carboxylic acids is 1. The lowest BCUT2D eigenvalue weighted by Crippen LogP contribution is -2.38. The van der Waals surface area contributed by atoms with Crippen LogP contribution in [0.1, 0.15) is 13.8 Å². The number of halogens is 1. The van der Waals surface area contributed by atoms with Gasteiger partial charge in [-0.2, -0.15) is 0 Å². The number of hydrogen-bond acceptors (Lipinski definition) is 5. The molecule has 0 fully saturated rings. The molecule has 1 rings (SSSR count). The lowest BCUT2D eigenvalue weighted by molar-refractivity contribution is -0.130. The van der Waals surface area contributed by atoms with Crippen LogP contribution >= 0.6 is 27.3 Å². The largest absolute Gasteiger partial charge is 0.349 e. The molecule has 0 saturated carbocycles. The van der Waals surface area contributed by atoms with Crippen LogP contribution in [-0.2, 0) is 4.79 Å². The van der Waals surface area contributed by atoms with E-state index in [4.69, 9.17) is 0 Å². The minimum absolute atomic E-state index is 0.0452. The highest BCUT2D eigenvalue weighted by atomic mass is 79.9. The van der Waals surface area contributed by atoms with Gasteiger partial charge in [0.25, 0.3) is 0 Å². The van der Waals surface area contributed by atoms with Crippen molar-refractivity contribution in [3.8, 4) is 0 Å². The highest BCUT2D eigenvalue weighted by molar-refractivity contribution is 9.11. The van der Waals surface area contributed by atoms with Crippen molar-refractivity contribution in [3.05, 3.63) is 3.92 Å². The number of anilines is 1. The molecule has 0 radical (unpaired) electrons. The topological polar surface area (TPSA) is 58.1 Å². The van der Waals surface area contributed by atoms with Gasteiger partial charge in [0.2, 0.25) is 11.0 Å². The normalized spacial score (nSPS) is 12.3. The molecular weight excluding hydrogens is 280 g/mol. The summed E-state index contributed by atoms with van der Waals surface area (Å²) in [5.74, 6) is 0.0452. The number of hydrogen-bond donors (Lipinski definition) is 1. The fourth-order valence-corrected chi connectivity index (χ4v) is 2.09. The SMILES string of the molecule is CCN(C)C(=O)C(C)Nc1nnc(Br)s1. The van der Waals surface area contributed by atoms with Crippen molar-refractivity contribution < 1.29 is 4.79 Å². The minimum atomic E-state index is -0.283. The summed E-state index contributed by atoms with van der Waals surface area (Å²) in [4.78, 5) is 13.4. The Morgan fingerprint density at radius 3 is 2.80 bits per heavy atom. The molecule has 0 saturated heterocycles. The number of likely N-dealkylation sites (N-methyl/N-ethyl adjacent to an activating group) is 1. The molecule has 1 heterocycles. The van der Waals surface area contributed by atoms with Crippen LogP contribution in [0.3, 0.4) is 0 Å². The zero-order valence-corrected chi connectivity index (χ0v) is 11.2. The van der Waals surface area contributed by atoms with Gasteiger partial charge in [-0.3, -0.25) is 4.79 Å². The molecule has 0 spiro atoms. The second kappa shape index (κ2) is 5.41. The molecule has 0 bridgehead atoms. The molecule has 1 unspecified atom stereocenters. The average Bonchev–Trinajstić information content (AvgIpc) is 2.61. The summed E-state index contributed by atoms with van der Waals surface area (Å²) < 4.78 is 0.702. The molecule has 5 nitrogen and oxygen atoms in total. The second-order valence-corrected chi connectivity index (χ2v) is 5.33. The van der Waals surface area contributed by atoms with Gasteiger partial charge in [0.1, 0.15) is 6.04 Å². The van der Waals surface area contributed by atoms with Crippen molar-refractivity contribution >= 4 is 38.3 Å². The van der Waals surface area contributed by atoms with Crippen LogP contribution in [-0.4, -0.2) is 40.6 Å². The Morgan fingerprint density at radius 2 is 2.33 bits per heavy atom. The third-order valence-electron chi connectivity index (χ3n) is 1.96. The zero-order valence-electron chi connectivity index (χ0n) is 8.82. The van der Waals surface area contributed by atoms with E-state index < -0.39 is 0 Å². The van der Waals surface area contributed by atoms with Gasteiger partial charge in [-0.25, -0.2) is 0 Å². The molecule has 1 amide bonds. The van der Waals surface area contributed by atoms with Crippen LogP contribution in [0.25, 0.3) is 0 Å². The average molecular weight is 293 g/mol. The van der Waals surface area contributed by atoms with Crippen molar-refractivity contribution in [2.45, 2.75) is 19.9 Å². The van der Waals surface area contributed by atoms with Gasteiger partial charge < -0.3 is 10.2 Å². The Kier molecular flexibility index (Phi) is 4.46. The fourth-order valence-electron chi connectivity index (χ4n) is 0.997. The molecule has 15 heavy (non-hydrogen) atoms. The summed E-state index contributed by atoms with van der Waals surface area (Å²) in [5.41, 5.74) is 0. The molecule has 84 valence electrons. The first-order valence-electron chi connectivity index (χ1n) is 4.55. The minimum Gasteiger partial charge on any atom is -0.349 e. The maximum atomic E-state index is 11.7. The van der Waals surface area contributed by atoms with Crippen molar-refractivity contribution in [3.63, 3.8) is 0 Å². The van der Waals surface area contributed by atoms with E-state index >= 15 is 0 Å². The molecule has 0 aliphatic rings. The first-order valence-corrected chi connectivity index (χ1v) is 6.16. The molecule has 1 atom stereocenters. The summed E-state index contributed by atoms with van der Waals surface area (Å²) in [7, 11) is 1.77. The van der Waals surface area contributed by atoms with Gasteiger partial charge >= 0.3 is 0 Å². The van der Waals surface area contributed by atoms with E-state index in [2.05, 4.69) is 31.4 Å². The first-order chi connectivity index (χ1) is 7.04. The van der Waals surface area contributed by atoms with E-state index in [-0.39, 0.29) is 11.9 Å². The van der Waals surface area contributed by atoms with Crippen molar-refractivity contribution in [2.75, 3.05) is 18.9 Å². The predicted octanol–water partition coefficient (Wildman–Crippen LogP) is 1.58. The Bertz CT molecular complexity index is 343. The van der Waals surface area contributed by atoms with Crippen LogP contribution in [0.2, 0.25) is 0 Å². The number of amides is 1. The Balaban J connectivity index is 2.55. The van der Waals surface area contributed by atoms with Crippen LogP contribution in [0.5, 0.6) is 0 Å². The third kappa shape index (κ3) is 3.42. The monoisotopic (exact) mass is 292 g/mol. The summed E-state index contributed by atoms with van der Waals surface area (Å²) >= 11 is 4.58. The first kappa shape index (κ1) is 12.4. The van der Waals surface area contributed by atoms with E-state index in [1.165, 1.54) is 11.3 Å². The van der Waals surface area contributed by atoms with Gasteiger partial charge in [0.15, 0.2) is 3.92 Å². The van der Waals surface area contributed by atoms with Crippen molar-refractivity contribution in [2.24, 2.45) is 0 Å². The number of nitrogens with one attached hydrogen (secondary N) is 1. The quantitative estimate of drug-likeness (QED) is 0.915. The number of nitrogens with zero attached hydrogens (tertiary/aromatic N) is 3. The Hall–Kier alpha value is -0.690. The summed E-state index contributed by atoms with van der Waals surface area (Å²) in [5, 5.41) is 11.3. The van der Waals surface area contributed by atoms with E-state index in [1.807, 2.05) is 13.8 Å². The molecule has 1 aromatic rings. The van der Waals surface area contributed by atoms with Gasteiger partial charge in [-0.05, 0) is 29.8 Å². The van der Waals surface area contributed by atoms with Crippen LogP contribution in [0, 0.1) is 0 Å². The van der Waals surface area contributed by atoms with Gasteiger partial charge in [-0.15, -0.1) is 10.2 Å². The Morgan fingerprint density at radius 1 is 1.67 bits per heavy atom. The highest BCUT2D eigenvalue weighted by Crippen LogP contribution is 2.20. The number of rotatable bonds is 4. The number of carbonyl (C=O) groups is 1. The van der Waals surface area contributed by atoms with E-state index in [0.29, 0.717) is 15.6 Å². The number of aromatic nitrogens is 2. The maximum Gasteiger partial charge on any atom is 0.244 e. The van der Waals surface area contributed by atoms with Gasteiger partial charge in [0.05, 0.1) is 0 Å². The molecule has 0 aliphatic heterocycles. The predicted molar refractivity (Wildman–Crippen MR) is 64.0 cm³/mol. The highest BCUT2D eigenvalue weighted by Gasteiger charge is 2.17. The van der Waals surface area contributed by atoms with Crippen LogP contribution in [0.15, 0.2) is 3.92 Å². The lowest BCUT2D eigenvalue weighted by atomic mass is 10.3. The zero-order chi connectivity index (χ0) is 11.4. The second-order valence-electron chi connectivity index (χ2n) is 3.08. The van der Waals surface area contributed by atoms with E-state index in [0.717, 1.165) is 0 Å². The van der Waals surface area contributed by atoms with Gasteiger partial charge in [0, 0.05) is 13.6 Å². The smallest absolute Gasteiger partial charge is 0.244 e. The molecular formula is C8H13BrN4OS. The molecule has 7 heteroatoms. The fraction of sp³-hybridized carbons (Fsp3) is 0.625. The molecule has 0 aliphatic carbocycles. The molecule has 0 aromatic carbocycles. The summed E-state index contributed by atoms with van der Waals surface area (Å²) in [6, 6.07) is -0.283. The molecule has 1 aromatic heterocycles. The van der Waals surface area contributed by atoms with Crippen LogP contribution < -0.4 is 5.32 Å². The van der Waals surface area contributed by atoms with Crippen molar-refractivity contribution in [1.29, 1.82) is 0 Å². The standard InChI is InChI=1S/C8H13BrN4OS/c1-4-13(3)6(14)5(2)10-8-12-11-7(9)15-8/h5H,4H2,1-3H3,(H,10,12). The molecule has 1 N–H and O–H groups in total. The summed E-state index contributed by atoms with van der Waals surface area (Å²) in [6.07, 6.45) is 0.